The first kappa shape index (κ1) is 29.6. The largest absolute Gasteiger partial charge is 0.369 e. The molecular formula is C24H50NO4P. The summed E-state index contributed by atoms with van der Waals surface area (Å²) in [6.07, 6.45) is 13.0. The zero-order chi connectivity index (χ0) is 22.8. The normalized spacial score (nSPS) is 16.7. The number of nitrogens with two attached hydrogens (primary N) is 1. The summed E-state index contributed by atoms with van der Waals surface area (Å²) in [5.41, 5.74) is 4.86. The maximum Gasteiger partial charge on any atom is 0.343 e. The molecule has 0 bridgehead atoms. The van der Waals surface area contributed by atoms with Crippen LogP contribution in [0.1, 0.15) is 118 Å². The summed E-state index contributed by atoms with van der Waals surface area (Å²) >= 11 is 0. The molecule has 0 spiro atoms. The average molecular weight is 448 g/mol. The van der Waals surface area contributed by atoms with Crippen molar-refractivity contribution in [1.82, 2.24) is 0 Å². The molecule has 0 aromatic heterocycles. The molecule has 0 aromatic rings. The first-order chi connectivity index (χ1) is 14.4. The smallest absolute Gasteiger partial charge is 0.343 e. The minimum absolute atomic E-state index is 0.331. The molecule has 0 aromatic carbocycles. The maximum atomic E-state index is 13.9. The Morgan fingerprint density at radius 3 is 1.57 bits per heavy atom. The molecule has 180 valence electrons. The zero-order valence-electron chi connectivity index (χ0n) is 20.5. The molecule has 0 saturated heterocycles. The predicted octanol–water partition coefficient (Wildman–Crippen LogP) is 7.47. The Labute approximate surface area is 186 Å². The van der Waals surface area contributed by atoms with Crippen LogP contribution < -0.4 is 5.73 Å². The van der Waals surface area contributed by atoms with Crippen LogP contribution in [0.2, 0.25) is 0 Å². The summed E-state index contributed by atoms with van der Waals surface area (Å²) in [7, 11) is -3.61. The number of primary amides is 1. The highest BCUT2D eigenvalue weighted by molar-refractivity contribution is 7.55. The van der Waals surface area contributed by atoms with Gasteiger partial charge < -0.3 is 14.8 Å². The van der Waals surface area contributed by atoms with Gasteiger partial charge >= 0.3 is 7.60 Å². The van der Waals surface area contributed by atoms with Crippen molar-refractivity contribution < 1.29 is 18.4 Å². The molecule has 0 heterocycles. The van der Waals surface area contributed by atoms with E-state index in [9.17, 15) is 9.36 Å². The van der Waals surface area contributed by atoms with Gasteiger partial charge in [-0.05, 0) is 31.1 Å². The van der Waals surface area contributed by atoms with Crippen LogP contribution in [-0.2, 0) is 18.4 Å². The maximum absolute atomic E-state index is 13.9. The minimum Gasteiger partial charge on any atom is -0.369 e. The Balaban J connectivity index is 5.29. The predicted molar refractivity (Wildman–Crippen MR) is 128 cm³/mol. The molecule has 0 rings (SSSR count). The van der Waals surface area contributed by atoms with Crippen molar-refractivity contribution in [3.63, 3.8) is 0 Å². The third-order valence-corrected chi connectivity index (χ3v) is 8.40. The molecule has 30 heavy (non-hydrogen) atoms. The van der Waals surface area contributed by atoms with Gasteiger partial charge in [-0.15, -0.1) is 0 Å². The van der Waals surface area contributed by atoms with Gasteiger partial charge in [0, 0.05) is 0 Å². The summed E-state index contributed by atoms with van der Waals surface area (Å²) in [5, 5.41) is 0. The molecule has 0 aliphatic rings. The molecule has 1 amide bonds. The van der Waals surface area contributed by atoms with Crippen molar-refractivity contribution in [2.45, 2.75) is 124 Å². The number of amides is 1. The number of unbranched alkanes of at least 4 members (excludes halogenated alkanes) is 5. The standard InChI is InChI=1S/C24H50NO4P/c1-6-11-14-15-18-23(24(25)26)30(27,28-19-21(9-4)16-12-7-2)29-20-22(10-5)17-13-8-3/h21-23H,6-20H2,1-5H3,(H2,25,26). The molecule has 3 atom stereocenters. The van der Waals surface area contributed by atoms with Gasteiger partial charge in [0.2, 0.25) is 5.91 Å². The first-order valence-electron chi connectivity index (χ1n) is 12.6. The first-order valence-corrected chi connectivity index (χ1v) is 14.2. The second kappa shape index (κ2) is 18.2. The Kier molecular flexibility index (Phi) is 18.0. The number of hydrogen-bond acceptors (Lipinski definition) is 4. The van der Waals surface area contributed by atoms with E-state index in [-0.39, 0.29) is 0 Å². The number of rotatable bonds is 21. The van der Waals surface area contributed by atoms with Crippen molar-refractivity contribution >= 4 is 13.5 Å². The van der Waals surface area contributed by atoms with Gasteiger partial charge in [0.25, 0.3) is 0 Å². The Morgan fingerprint density at radius 1 is 0.733 bits per heavy atom. The van der Waals surface area contributed by atoms with Gasteiger partial charge in [-0.3, -0.25) is 9.36 Å². The van der Waals surface area contributed by atoms with Crippen LogP contribution in [0.25, 0.3) is 0 Å². The van der Waals surface area contributed by atoms with Crippen LogP contribution in [0.3, 0.4) is 0 Å². The van der Waals surface area contributed by atoms with Gasteiger partial charge in [0.1, 0.15) is 5.66 Å². The number of carbonyl (C=O) groups is 1. The third kappa shape index (κ3) is 12.5. The topological polar surface area (TPSA) is 78.6 Å². The van der Waals surface area contributed by atoms with Crippen LogP contribution >= 0.6 is 7.60 Å². The highest BCUT2D eigenvalue weighted by atomic mass is 31.2. The molecule has 2 N–H and O–H groups in total. The van der Waals surface area contributed by atoms with Crippen LogP contribution in [0.5, 0.6) is 0 Å². The monoisotopic (exact) mass is 447 g/mol. The second-order valence-corrected chi connectivity index (χ2v) is 11.0. The lowest BCUT2D eigenvalue weighted by Gasteiger charge is -2.28. The van der Waals surface area contributed by atoms with Crippen LogP contribution in [0, 0.1) is 11.8 Å². The third-order valence-electron chi connectivity index (χ3n) is 6.11. The molecule has 5 nitrogen and oxygen atoms in total. The van der Waals surface area contributed by atoms with Crippen LogP contribution in [-0.4, -0.2) is 24.8 Å². The van der Waals surface area contributed by atoms with Gasteiger partial charge in [0.05, 0.1) is 13.2 Å². The van der Waals surface area contributed by atoms with Crippen LogP contribution in [0.15, 0.2) is 0 Å². The van der Waals surface area contributed by atoms with E-state index in [1.54, 1.807) is 0 Å². The highest BCUT2D eigenvalue weighted by Gasteiger charge is 2.40. The van der Waals surface area contributed by atoms with Gasteiger partial charge in [-0.2, -0.15) is 0 Å². The van der Waals surface area contributed by atoms with Gasteiger partial charge in [0.15, 0.2) is 0 Å². The molecule has 6 heteroatoms. The van der Waals surface area contributed by atoms with E-state index in [0.717, 1.165) is 77.0 Å². The highest BCUT2D eigenvalue weighted by Crippen LogP contribution is 2.55. The van der Waals surface area contributed by atoms with E-state index in [1.165, 1.54) is 0 Å². The van der Waals surface area contributed by atoms with E-state index in [0.29, 0.717) is 31.5 Å². The second-order valence-electron chi connectivity index (χ2n) is 8.73. The van der Waals surface area contributed by atoms with Gasteiger partial charge in [-0.25, -0.2) is 0 Å². The molecular weight excluding hydrogens is 397 g/mol. The lowest BCUT2D eigenvalue weighted by atomic mass is 10.0. The summed E-state index contributed by atoms with van der Waals surface area (Å²) < 4.78 is 25.8. The summed E-state index contributed by atoms with van der Waals surface area (Å²) in [4.78, 5) is 12.3. The SMILES string of the molecule is CCCCCCC(C(N)=O)P(=O)(OCC(CC)CCCC)OCC(CC)CCCC. The van der Waals surface area contributed by atoms with E-state index in [1.807, 2.05) is 0 Å². The number of carbonyl (C=O) groups excluding carboxylic acids is 1. The number of hydrogen-bond donors (Lipinski definition) is 1. The lowest BCUT2D eigenvalue weighted by molar-refractivity contribution is -0.118. The van der Waals surface area contributed by atoms with Crippen molar-refractivity contribution in [3.05, 3.63) is 0 Å². The summed E-state index contributed by atoms with van der Waals surface area (Å²) in [6, 6.07) is 0. The van der Waals surface area contributed by atoms with E-state index in [4.69, 9.17) is 14.8 Å². The van der Waals surface area contributed by atoms with Crippen molar-refractivity contribution in [2.75, 3.05) is 13.2 Å². The van der Waals surface area contributed by atoms with E-state index in [2.05, 4.69) is 34.6 Å². The van der Waals surface area contributed by atoms with Crippen LogP contribution in [0.4, 0.5) is 0 Å². The Morgan fingerprint density at radius 2 is 1.20 bits per heavy atom. The molecule has 3 unspecified atom stereocenters. The molecule has 0 aliphatic carbocycles. The molecule has 0 saturated carbocycles. The molecule has 0 fully saturated rings. The fraction of sp³-hybridized carbons (Fsp3) is 0.958. The minimum atomic E-state index is -3.61. The quantitative estimate of drug-likeness (QED) is 0.146. The summed E-state index contributed by atoms with van der Waals surface area (Å²) in [6.45, 7) is 11.5. The fourth-order valence-electron chi connectivity index (χ4n) is 3.65. The van der Waals surface area contributed by atoms with Crippen molar-refractivity contribution in [1.29, 1.82) is 0 Å². The molecule has 0 aliphatic heterocycles. The lowest BCUT2D eigenvalue weighted by Crippen LogP contribution is -2.31. The zero-order valence-corrected chi connectivity index (χ0v) is 21.4. The summed E-state index contributed by atoms with van der Waals surface area (Å²) in [5.74, 6) is 0.105. The molecule has 0 radical (unpaired) electrons. The van der Waals surface area contributed by atoms with Crippen molar-refractivity contribution in [3.8, 4) is 0 Å². The van der Waals surface area contributed by atoms with Crippen molar-refractivity contribution in [2.24, 2.45) is 17.6 Å². The van der Waals surface area contributed by atoms with E-state index < -0.39 is 19.2 Å². The van der Waals surface area contributed by atoms with E-state index >= 15 is 0 Å². The Bertz CT molecular complexity index is 448. The average Bonchev–Trinajstić information content (AvgIpc) is 2.73. The Hall–Kier alpha value is -0.380. The fourth-order valence-corrected chi connectivity index (χ4v) is 5.73. The van der Waals surface area contributed by atoms with Gasteiger partial charge in [-0.1, -0.05) is 98.8 Å².